The lowest BCUT2D eigenvalue weighted by atomic mass is 10.0. The van der Waals surface area contributed by atoms with E-state index in [2.05, 4.69) is 28.6 Å². The van der Waals surface area contributed by atoms with Crippen LogP contribution in [0.15, 0.2) is 0 Å². The summed E-state index contributed by atoms with van der Waals surface area (Å²) in [4.78, 5) is 69.9. The van der Waals surface area contributed by atoms with Crippen molar-refractivity contribution in [2.45, 2.75) is 57.3 Å². The summed E-state index contributed by atoms with van der Waals surface area (Å²) >= 11 is 3.96. The first-order valence-electron chi connectivity index (χ1n) is 9.28. The normalized spacial score (nSPS) is 14.6. The molecular weight excluding hydrogens is 434 g/mol. The zero-order chi connectivity index (χ0) is 24.3. The lowest BCUT2D eigenvalue weighted by molar-refractivity contribution is -0.143. The van der Waals surface area contributed by atoms with E-state index in [0.717, 1.165) is 0 Å². The average molecular weight is 464 g/mol. The minimum atomic E-state index is -1.59. The summed E-state index contributed by atoms with van der Waals surface area (Å²) in [6, 6.07) is -5.40. The summed E-state index contributed by atoms with van der Waals surface area (Å²) in [7, 11) is 0. The summed E-state index contributed by atoms with van der Waals surface area (Å²) in [6.07, 6.45) is -1.14. The van der Waals surface area contributed by atoms with E-state index in [4.69, 9.17) is 21.7 Å². The number of aliphatic carboxylic acids is 2. The predicted molar refractivity (Wildman–Crippen MR) is 111 cm³/mol. The molecule has 9 N–H and O–H groups in total. The smallest absolute Gasteiger partial charge is 0.326 e. The maximum atomic E-state index is 12.6. The molecule has 0 saturated carbocycles. The molecule has 13 nitrogen and oxygen atoms in total. The van der Waals surface area contributed by atoms with E-state index in [1.165, 1.54) is 0 Å². The number of rotatable bonds is 14. The van der Waals surface area contributed by atoms with Gasteiger partial charge in [0.2, 0.25) is 23.6 Å². The second-order valence-corrected chi connectivity index (χ2v) is 7.57. The van der Waals surface area contributed by atoms with Gasteiger partial charge in [0, 0.05) is 5.75 Å². The fourth-order valence-electron chi connectivity index (χ4n) is 2.40. The number of carboxylic acids is 2. The number of carbonyl (C=O) groups excluding carboxylic acids is 4. The maximum Gasteiger partial charge on any atom is 0.326 e. The van der Waals surface area contributed by atoms with E-state index in [9.17, 15) is 28.8 Å². The van der Waals surface area contributed by atoms with Crippen molar-refractivity contribution in [3.05, 3.63) is 0 Å². The third-order valence-electron chi connectivity index (χ3n) is 3.91. The Balaban J connectivity index is 5.27. The molecule has 0 bridgehead atoms. The molecule has 4 amide bonds. The van der Waals surface area contributed by atoms with E-state index < -0.39 is 72.6 Å². The highest BCUT2D eigenvalue weighted by Crippen LogP contribution is 2.07. The van der Waals surface area contributed by atoms with Gasteiger partial charge in [0.15, 0.2) is 0 Å². The number of hydrogen-bond donors (Lipinski definition) is 8. The van der Waals surface area contributed by atoms with Crippen LogP contribution in [0, 0.1) is 5.92 Å². The van der Waals surface area contributed by atoms with Gasteiger partial charge in [-0.05, 0) is 12.3 Å². The van der Waals surface area contributed by atoms with Crippen LogP contribution >= 0.6 is 12.6 Å². The standard InChI is InChI=1S/C17H29N5O8S/c1-7(2)3-9(20-14(26)8(18)4-13(24)25)15(27)22-11(6-31)16(28)21-10(17(29)30)5-12(19)23/h7-11,31H,3-6,18H2,1-2H3,(H2,19,23)(H,20,26)(H,21,28)(H,22,27)(H,24,25)(H,29,30). The second-order valence-electron chi connectivity index (χ2n) is 7.21. The number of thiol groups is 1. The van der Waals surface area contributed by atoms with Crippen LogP contribution in [-0.4, -0.2) is 75.7 Å². The Kier molecular flexibility index (Phi) is 12.2. The first-order chi connectivity index (χ1) is 14.3. The van der Waals surface area contributed by atoms with Gasteiger partial charge in [-0.1, -0.05) is 13.8 Å². The molecule has 0 fully saturated rings. The van der Waals surface area contributed by atoms with Gasteiger partial charge in [0.25, 0.3) is 0 Å². The van der Waals surface area contributed by atoms with E-state index in [0.29, 0.717) is 0 Å². The van der Waals surface area contributed by atoms with Crippen molar-refractivity contribution in [3.8, 4) is 0 Å². The van der Waals surface area contributed by atoms with Gasteiger partial charge < -0.3 is 37.6 Å². The topological polar surface area (TPSA) is 231 Å². The number of nitrogens with one attached hydrogen (secondary N) is 3. The molecule has 31 heavy (non-hydrogen) atoms. The van der Waals surface area contributed by atoms with Crippen LogP contribution in [0.4, 0.5) is 0 Å². The molecule has 0 radical (unpaired) electrons. The molecule has 0 spiro atoms. The van der Waals surface area contributed by atoms with Gasteiger partial charge in [-0.2, -0.15) is 12.6 Å². The fourth-order valence-corrected chi connectivity index (χ4v) is 2.66. The highest BCUT2D eigenvalue weighted by atomic mass is 32.1. The number of carbonyl (C=O) groups is 6. The molecule has 0 aromatic rings. The van der Waals surface area contributed by atoms with Crippen molar-refractivity contribution in [3.63, 3.8) is 0 Å². The van der Waals surface area contributed by atoms with Crippen molar-refractivity contribution < 1.29 is 39.0 Å². The molecule has 0 aliphatic heterocycles. The molecular formula is C17H29N5O8S. The Bertz CT molecular complexity index is 702. The minimum Gasteiger partial charge on any atom is -0.481 e. The van der Waals surface area contributed by atoms with Crippen LogP contribution in [-0.2, 0) is 28.8 Å². The molecule has 0 rings (SSSR count). The van der Waals surface area contributed by atoms with Gasteiger partial charge in [0.05, 0.1) is 18.9 Å². The average Bonchev–Trinajstić information content (AvgIpc) is 2.63. The van der Waals surface area contributed by atoms with Crippen molar-refractivity contribution in [1.82, 2.24) is 16.0 Å². The third kappa shape index (κ3) is 11.2. The van der Waals surface area contributed by atoms with Crippen LogP contribution in [0.2, 0.25) is 0 Å². The number of nitrogens with two attached hydrogens (primary N) is 2. The van der Waals surface area contributed by atoms with Crippen molar-refractivity contribution in [2.75, 3.05) is 5.75 Å². The summed E-state index contributed by atoms with van der Waals surface area (Å²) in [6.45, 7) is 3.54. The molecule has 0 saturated heterocycles. The van der Waals surface area contributed by atoms with Crippen LogP contribution in [0.5, 0.6) is 0 Å². The molecule has 14 heteroatoms. The highest BCUT2D eigenvalue weighted by molar-refractivity contribution is 7.80. The van der Waals surface area contributed by atoms with Crippen LogP contribution in [0.1, 0.15) is 33.1 Å². The largest absolute Gasteiger partial charge is 0.481 e. The van der Waals surface area contributed by atoms with Gasteiger partial charge in [-0.3, -0.25) is 24.0 Å². The molecule has 0 aromatic heterocycles. The Morgan fingerprint density at radius 3 is 1.74 bits per heavy atom. The third-order valence-corrected chi connectivity index (χ3v) is 4.27. The lowest BCUT2D eigenvalue weighted by Gasteiger charge is -2.25. The molecule has 0 aliphatic rings. The zero-order valence-corrected chi connectivity index (χ0v) is 18.1. The monoisotopic (exact) mass is 463 g/mol. The Labute approximate surface area is 184 Å². The number of carboxylic acid groups (broad SMARTS) is 2. The minimum absolute atomic E-state index is 0.0676. The molecule has 4 unspecified atom stereocenters. The Hall–Kier alpha value is -2.87. The second kappa shape index (κ2) is 13.4. The van der Waals surface area contributed by atoms with Crippen LogP contribution in [0.3, 0.4) is 0 Å². The van der Waals surface area contributed by atoms with Crippen molar-refractivity contribution in [1.29, 1.82) is 0 Å². The first kappa shape index (κ1) is 28.1. The van der Waals surface area contributed by atoms with Gasteiger partial charge in [0.1, 0.15) is 18.1 Å². The lowest BCUT2D eigenvalue weighted by Crippen LogP contribution is -2.58. The van der Waals surface area contributed by atoms with Crippen LogP contribution in [0.25, 0.3) is 0 Å². The molecule has 4 atom stereocenters. The predicted octanol–water partition coefficient (Wildman–Crippen LogP) is -2.82. The first-order valence-corrected chi connectivity index (χ1v) is 9.92. The molecule has 0 aliphatic carbocycles. The van der Waals surface area contributed by atoms with E-state index >= 15 is 0 Å². The molecule has 0 aromatic carbocycles. The maximum absolute atomic E-state index is 12.6. The summed E-state index contributed by atoms with van der Waals surface area (Å²) in [5.41, 5.74) is 10.5. The summed E-state index contributed by atoms with van der Waals surface area (Å²) in [5.74, 6) is -6.57. The molecule has 176 valence electrons. The number of hydrogen-bond acceptors (Lipinski definition) is 8. The van der Waals surface area contributed by atoms with Gasteiger partial charge in [-0.15, -0.1) is 0 Å². The summed E-state index contributed by atoms with van der Waals surface area (Å²) < 4.78 is 0. The zero-order valence-electron chi connectivity index (χ0n) is 17.2. The highest BCUT2D eigenvalue weighted by Gasteiger charge is 2.30. The van der Waals surface area contributed by atoms with Gasteiger partial charge >= 0.3 is 11.9 Å². The van der Waals surface area contributed by atoms with Gasteiger partial charge in [-0.25, -0.2) is 4.79 Å². The number of amides is 4. The Morgan fingerprint density at radius 1 is 0.839 bits per heavy atom. The quantitative estimate of drug-likeness (QED) is 0.124. The van der Waals surface area contributed by atoms with Crippen LogP contribution < -0.4 is 27.4 Å². The van der Waals surface area contributed by atoms with Crippen molar-refractivity contribution >= 4 is 48.2 Å². The van der Waals surface area contributed by atoms with E-state index in [1.807, 2.05) is 0 Å². The van der Waals surface area contributed by atoms with E-state index in [1.54, 1.807) is 13.8 Å². The molecule has 0 heterocycles. The SMILES string of the molecule is CC(C)CC(NC(=O)C(N)CC(=O)O)C(=O)NC(CS)C(=O)NC(CC(N)=O)C(=O)O. The Morgan fingerprint density at radius 2 is 1.32 bits per heavy atom. The fraction of sp³-hybridized carbons (Fsp3) is 0.647. The summed E-state index contributed by atoms with van der Waals surface area (Å²) in [5, 5.41) is 24.6. The van der Waals surface area contributed by atoms with Crippen molar-refractivity contribution in [2.24, 2.45) is 17.4 Å². The van der Waals surface area contributed by atoms with E-state index in [-0.39, 0.29) is 18.1 Å². The number of primary amides is 1.